The molecule has 2 aliphatic rings. The Labute approximate surface area is 203 Å². The number of rotatable bonds is 5. The van der Waals surface area contributed by atoms with E-state index in [-0.39, 0.29) is 29.8 Å². The molecule has 1 N–H and O–H groups in total. The van der Waals surface area contributed by atoms with Gasteiger partial charge in [-0.15, -0.1) is 11.3 Å². The number of nitriles is 1. The number of thiazole rings is 1. The molecule has 2 heterocycles. The number of halogens is 1. The van der Waals surface area contributed by atoms with Crippen molar-refractivity contribution in [2.45, 2.75) is 51.2 Å². The van der Waals surface area contributed by atoms with Gasteiger partial charge in [0.1, 0.15) is 12.2 Å². The first-order valence-electron chi connectivity index (χ1n) is 11.5. The fraction of sp³-hybridized carbons (Fsp3) is 0.542. The zero-order valence-corrected chi connectivity index (χ0v) is 21.0. The summed E-state index contributed by atoms with van der Waals surface area (Å²) in [5.74, 6) is -0.761. The summed E-state index contributed by atoms with van der Waals surface area (Å²) >= 11 is 1.55. The topological polar surface area (TPSA) is 103 Å². The zero-order chi connectivity index (χ0) is 24.5. The lowest BCUT2D eigenvalue weighted by molar-refractivity contribution is -0.127. The number of carbonyl (C=O) groups excluding carboxylic acids is 1. The number of sulfone groups is 1. The number of nitrogens with zero attached hydrogens (tertiary/aromatic N) is 3. The van der Waals surface area contributed by atoms with Crippen LogP contribution in [-0.4, -0.2) is 56.1 Å². The molecule has 182 valence electrons. The molecular formula is C24H29FN4O3S2. The molecule has 0 unspecified atom stereocenters. The molecule has 1 saturated carbocycles. The minimum Gasteiger partial charge on any atom is -0.369 e. The molecule has 1 aliphatic heterocycles. The number of alkyl halides is 1. The highest BCUT2D eigenvalue weighted by molar-refractivity contribution is 7.91. The fourth-order valence-corrected chi connectivity index (χ4v) is 6.98. The Kier molecular flexibility index (Phi) is 7.24. The average molecular weight is 505 g/mol. The highest BCUT2D eigenvalue weighted by Gasteiger charge is 2.39. The summed E-state index contributed by atoms with van der Waals surface area (Å²) < 4.78 is 37.8. The van der Waals surface area contributed by atoms with Gasteiger partial charge in [-0.2, -0.15) is 5.26 Å². The quantitative estimate of drug-likeness (QED) is 0.667. The van der Waals surface area contributed by atoms with Gasteiger partial charge in [-0.25, -0.2) is 17.8 Å². The Morgan fingerprint density at radius 2 is 1.94 bits per heavy atom. The minimum absolute atomic E-state index is 0.126. The first-order chi connectivity index (χ1) is 16.2. The molecule has 2 aromatic rings. The Morgan fingerprint density at radius 3 is 2.59 bits per heavy atom. The van der Waals surface area contributed by atoms with Crippen molar-refractivity contribution in [1.29, 1.82) is 5.26 Å². The fourth-order valence-electron chi connectivity index (χ4n) is 4.78. The van der Waals surface area contributed by atoms with Gasteiger partial charge in [0, 0.05) is 30.6 Å². The Morgan fingerprint density at radius 1 is 1.26 bits per heavy atom. The Hall–Kier alpha value is -2.51. The van der Waals surface area contributed by atoms with Gasteiger partial charge in [0.25, 0.3) is 0 Å². The van der Waals surface area contributed by atoms with Crippen LogP contribution in [0, 0.1) is 24.2 Å². The first kappa shape index (κ1) is 24.6. The number of carbonyl (C=O) groups is 1. The SMILES string of the molecule is Cc1nc([C@@H]2CC[C@H](F)C[C@H]2C(=O)N[C@@H](C)C#N)c(-c2ccc(N3CCS(=O)(=O)CC3)cc2)s1. The number of nitrogens with one attached hydrogen (secondary N) is 1. The van der Waals surface area contributed by atoms with Crippen molar-refractivity contribution >= 4 is 32.8 Å². The summed E-state index contributed by atoms with van der Waals surface area (Å²) in [6.45, 7) is 4.50. The third-order valence-electron chi connectivity index (χ3n) is 6.63. The normalized spacial score (nSPS) is 25.4. The lowest BCUT2D eigenvalue weighted by Gasteiger charge is -2.32. The van der Waals surface area contributed by atoms with Crippen molar-refractivity contribution in [2.24, 2.45) is 5.92 Å². The van der Waals surface area contributed by atoms with Gasteiger partial charge in [0.2, 0.25) is 5.91 Å². The lowest BCUT2D eigenvalue weighted by Crippen LogP contribution is -2.41. The molecule has 1 aliphatic carbocycles. The molecule has 2 fully saturated rings. The molecule has 7 nitrogen and oxygen atoms in total. The van der Waals surface area contributed by atoms with Gasteiger partial charge in [0.05, 0.1) is 33.2 Å². The third kappa shape index (κ3) is 5.41. The monoisotopic (exact) mass is 504 g/mol. The summed E-state index contributed by atoms with van der Waals surface area (Å²) in [6, 6.07) is 9.35. The van der Waals surface area contributed by atoms with E-state index in [1.165, 1.54) is 0 Å². The van der Waals surface area contributed by atoms with Gasteiger partial charge in [0.15, 0.2) is 9.84 Å². The van der Waals surface area contributed by atoms with Crippen LogP contribution in [0.1, 0.15) is 42.8 Å². The Balaban J connectivity index is 1.59. The van der Waals surface area contributed by atoms with E-state index in [0.29, 0.717) is 25.9 Å². The van der Waals surface area contributed by atoms with Crippen LogP contribution in [0.2, 0.25) is 0 Å². The molecule has 1 aromatic heterocycles. The number of aromatic nitrogens is 1. The molecule has 34 heavy (non-hydrogen) atoms. The van der Waals surface area contributed by atoms with E-state index < -0.39 is 28.0 Å². The van der Waals surface area contributed by atoms with E-state index in [2.05, 4.69) is 10.2 Å². The molecule has 1 aromatic carbocycles. The maximum atomic E-state index is 14.3. The number of amides is 1. The largest absolute Gasteiger partial charge is 0.369 e. The van der Waals surface area contributed by atoms with Gasteiger partial charge in [-0.05, 0) is 50.8 Å². The van der Waals surface area contributed by atoms with Crippen molar-refractivity contribution in [3.63, 3.8) is 0 Å². The van der Waals surface area contributed by atoms with Crippen molar-refractivity contribution < 1.29 is 17.6 Å². The number of hydrogen-bond donors (Lipinski definition) is 1. The molecular weight excluding hydrogens is 475 g/mol. The molecule has 4 rings (SSSR count). The van der Waals surface area contributed by atoms with Gasteiger partial charge < -0.3 is 10.2 Å². The van der Waals surface area contributed by atoms with Crippen molar-refractivity contribution in [3.8, 4) is 16.5 Å². The molecule has 0 radical (unpaired) electrons. The summed E-state index contributed by atoms with van der Waals surface area (Å²) in [5.41, 5.74) is 2.76. The van der Waals surface area contributed by atoms with Crippen LogP contribution in [0.3, 0.4) is 0 Å². The second kappa shape index (κ2) is 10.0. The summed E-state index contributed by atoms with van der Waals surface area (Å²) in [7, 11) is -2.94. The maximum Gasteiger partial charge on any atom is 0.224 e. The number of hydrogen-bond acceptors (Lipinski definition) is 7. The van der Waals surface area contributed by atoms with Crippen LogP contribution in [0.5, 0.6) is 0 Å². The van der Waals surface area contributed by atoms with Crippen LogP contribution in [0.4, 0.5) is 10.1 Å². The number of aryl methyl sites for hydroxylation is 1. The van der Waals surface area contributed by atoms with Crippen LogP contribution < -0.4 is 10.2 Å². The highest BCUT2D eigenvalue weighted by Crippen LogP contribution is 2.44. The predicted octanol–water partition coefficient (Wildman–Crippen LogP) is 3.60. The predicted molar refractivity (Wildman–Crippen MR) is 131 cm³/mol. The van der Waals surface area contributed by atoms with Gasteiger partial charge in [-0.3, -0.25) is 4.79 Å². The summed E-state index contributed by atoms with van der Waals surface area (Å²) in [5, 5.41) is 12.6. The zero-order valence-electron chi connectivity index (χ0n) is 19.3. The van der Waals surface area contributed by atoms with Crippen molar-refractivity contribution in [3.05, 3.63) is 35.0 Å². The first-order valence-corrected chi connectivity index (χ1v) is 14.2. The number of anilines is 1. The molecule has 0 spiro atoms. The van der Waals surface area contributed by atoms with E-state index in [1.807, 2.05) is 37.3 Å². The van der Waals surface area contributed by atoms with E-state index in [1.54, 1.807) is 18.3 Å². The van der Waals surface area contributed by atoms with Gasteiger partial charge >= 0.3 is 0 Å². The van der Waals surface area contributed by atoms with Crippen molar-refractivity contribution in [2.75, 3.05) is 29.5 Å². The summed E-state index contributed by atoms with van der Waals surface area (Å²) in [4.78, 5) is 20.7. The molecule has 1 amide bonds. The van der Waals surface area contributed by atoms with E-state index in [4.69, 9.17) is 10.2 Å². The third-order valence-corrected chi connectivity index (χ3v) is 9.27. The second-order valence-corrected chi connectivity index (χ2v) is 12.6. The average Bonchev–Trinajstić information content (AvgIpc) is 3.20. The highest BCUT2D eigenvalue weighted by atomic mass is 32.2. The standard InChI is InChI=1S/C24H29FN4O3S2/c1-15(14-26)27-24(30)21-13-18(25)5-8-20(21)22-23(33-16(2)28-22)17-3-6-19(7-4-17)29-9-11-34(31,32)12-10-29/h3-4,6-7,15,18,20-21H,5,8-13H2,1-2H3,(H,27,30)/t15-,18-,20+,21+/m0/s1. The van der Waals surface area contributed by atoms with E-state index in [0.717, 1.165) is 26.8 Å². The van der Waals surface area contributed by atoms with Crippen LogP contribution in [-0.2, 0) is 14.6 Å². The lowest BCUT2D eigenvalue weighted by atomic mass is 9.75. The molecule has 4 atom stereocenters. The van der Waals surface area contributed by atoms with Crippen LogP contribution in [0.15, 0.2) is 24.3 Å². The van der Waals surface area contributed by atoms with Crippen molar-refractivity contribution in [1.82, 2.24) is 10.3 Å². The van der Waals surface area contributed by atoms with Gasteiger partial charge in [-0.1, -0.05) is 12.1 Å². The molecule has 1 saturated heterocycles. The van der Waals surface area contributed by atoms with E-state index in [9.17, 15) is 17.6 Å². The molecule has 0 bridgehead atoms. The Bertz CT molecular complexity index is 1180. The second-order valence-electron chi connectivity index (χ2n) is 9.12. The minimum atomic E-state index is -2.94. The number of benzene rings is 1. The smallest absolute Gasteiger partial charge is 0.224 e. The molecule has 10 heteroatoms. The maximum absolute atomic E-state index is 14.3. The van der Waals surface area contributed by atoms with Crippen LogP contribution in [0.25, 0.3) is 10.4 Å². The van der Waals surface area contributed by atoms with E-state index >= 15 is 0 Å². The van der Waals surface area contributed by atoms with Crippen LogP contribution >= 0.6 is 11.3 Å². The summed E-state index contributed by atoms with van der Waals surface area (Å²) in [6.07, 6.45) is -0.00651.